The molecule has 1 heterocycles. The van der Waals surface area contributed by atoms with Crippen molar-refractivity contribution in [2.45, 2.75) is 32.8 Å². The van der Waals surface area contributed by atoms with E-state index in [9.17, 15) is 9.59 Å². The highest BCUT2D eigenvalue weighted by Gasteiger charge is 2.33. The molecule has 0 spiro atoms. The van der Waals surface area contributed by atoms with Crippen LogP contribution in [0, 0.1) is 0 Å². The molecule has 0 radical (unpaired) electrons. The molecular weight excluding hydrogens is 318 g/mol. The number of para-hydroxylation sites is 2. The van der Waals surface area contributed by atoms with Gasteiger partial charge in [0.2, 0.25) is 12.0 Å². The number of carbonyl (C=O) groups excluding carboxylic acids is 2. The van der Waals surface area contributed by atoms with Crippen LogP contribution < -0.4 is 14.4 Å². The molecule has 0 bridgehead atoms. The Morgan fingerprint density at radius 1 is 1.16 bits per heavy atom. The van der Waals surface area contributed by atoms with E-state index in [2.05, 4.69) is 13.8 Å². The van der Waals surface area contributed by atoms with Crippen LogP contribution in [0.1, 0.15) is 32.3 Å². The zero-order valence-corrected chi connectivity index (χ0v) is 14.6. The molecule has 0 fully saturated rings. The molecular formula is C20H21NO4. The maximum Gasteiger partial charge on any atom is 0.354 e. The lowest BCUT2D eigenvalue weighted by Crippen LogP contribution is -2.47. The molecule has 130 valence electrons. The van der Waals surface area contributed by atoms with E-state index in [-0.39, 0.29) is 12.5 Å². The molecule has 1 atom stereocenters. The molecule has 0 aliphatic carbocycles. The van der Waals surface area contributed by atoms with Crippen molar-refractivity contribution in [1.29, 1.82) is 0 Å². The third-order valence-corrected chi connectivity index (χ3v) is 4.16. The van der Waals surface area contributed by atoms with Crippen LogP contribution in [0.25, 0.3) is 0 Å². The Hall–Kier alpha value is -2.82. The Morgan fingerprint density at radius 3 is 2.64 bits per heavy atom. The number of fused-ring (bicyclic) bond motifs is 1. The van der Waals surface area contributed by atoms with Crippen molar-refractivity contribution in [3.8, 4) is 11.5 Å². The van der Waals surface area contributed by atoms with E-state index < -0.39 is 12.1 Å². The van der Waals surface area contributed by atoms with Crippen molar-refractivity contribution >= 4 is 17.6 Å². The normalized spacial score (nSPS) is 16.2. The summed E-state index contributed by atoms with van der Waals surface area (Å²) >= 11 is 0. The number of rotatable bonds is 3. The fourth-order valence-electron chi connectivity index (χ4n) is 2.77. The number of nitrogens with zero attached hydrogens (tertiary/aromatic N) is 1. The number of esters is 1. The Bertz CT molecular complexity index is 800. The maximum absolute atomic E-state index is 12.5. The number of ether oxygens (including phenoxy) is 2. The van der Waals surface area contributed by atoms with E-state index in [0.29, 0.717) is 23.1 Å². The molecule has 1 amide bonds. The molecule has 3 rings (SSSR count). The van der Waals surface area contributed by atoms with Gasteiger partial charge in [0.1, 0.15) is 11.5 Å². The number of anilines is 1. The van der Waals surface area contributed by atoms with Crippen LogP contribution in [0.15, 0.2) is 48.5 Å². The molecule has 25 heavy (non-hydrogen) atoms. The number of hydrogen-bond acceptors (Lipinski definition) is 4. The summed E-state index contributed by atoms with van der Waals surface area (Å²) < 4.78 is 11.2. The van der Waals surface area contributed by atoms with Crippen LogP contribution in [-0.4, -0.2) is 24.5 Å². The lowest BCUT2D eigenvalue weighted by molar-refractivity contribution is -0.142. The minimum atomic E-state index is -0.860. The van der Waals surface area contributed by atoms with Crippen molar-refractivity contribution < 1.29 is 19.1 Å². The Balaban J connectivity index is 1.79. The molecule has 0 N–H and O–H groups in total. The summed E-state index contributed by atoms with van der Waals surface area (Å²) in [7, 11) is 0. The Labute approximate surface area is 147 Å². The third-order valence-electron chi connectivity index (χ3n) is 4.16. The fourth-order valence-corrected chi connectivity index (χ4v) is 2.77. The maximum atomic E-state index is 12.5. The van der Waals surface area contributed by atoms with Gasteiger partial charge in [0.25, 0.3) is 0 Å². The highest BCUT2D eigenvalue weighted by molar-refractivity contribution is 5.95. The second-order valence-electron chi connectivity index (χ2n) is 6.35. The minimum absolute atomic E-state index is 0.134. The van der Waals surface area contributed by atoms with Crippen LogP contribution in [0.2, 0.25) is 0 Å². The van der Waals surface area contributed by atoms with Gasteiger partial charge < -0.3 is 14.4 Å². The molecule has 0 saturated carbocycles. The predicted molar refractivity (Wildman–Crippen MR) is 95.1 cm³/mol. The van der Waals surface area contributed by atoms with Gasteiger partial charge in [-0.1, -0.05) is 38.1 Å². The van der Waals surface area contributed by atoms with Gasteiger partial charge in [-0.15, -0.1) is 0 Å². The summed E-state index contributed by atoms with van der Waals surface area (Å²) in [6, 6.07) is 14.6. The van der Waals surface area contributed by atoms with Crippen molar-refractivity contribution in [2.75, 3.05) is 11.4 Å². The second kappa shape index (κ2) is 6.97. The number of benzene rings is 2. The quantitative estimate of drug-likeness (QED) is 0.634. The zero-order valence-electron chi connectivity index (χ0n) is 14.6. The summed E-state index contributed by atoms with van der Waals surface area (Å²) in [5.41, 5.74) is 1.76. The van der Waals surface area contributed by atoms with Gasteiger partial charge in [-0.25, -0.2) is 4.79 Å². The molecule has 1 aliphatic heterocycles. The van der Waals surface area contributed by atoms with Crippen molar-refractivity contribution in [1.82, 2.24) is 0 Å². The number of hydrogen-bond donors (Lipinski definition) is 0. The SMILES string of the molecule is CC(=O)N1C[C@H](C(=O)Oc2cccc(C(C)C)c2)Oc2ccccc21. The Morgan fingerprint density at radius 2 is 1.92 bits per heavy atom. The monoisotopic (exact) mass is 339 g/mol. The minimum Gasteiger partial charge on any atom is -0.475 e. The second-order valence-corrected chi connectivity index (χ2v) is 6.35. The van der Waals surface area contributed by atoms with Gasteiger partial charge in [0.05, 0.1) is 12.2 Å². The zero-order chi connectivity index (χ0) is 18.0. The average molecular weight is 339 g/mol. The van der Waals surface area contributed by atoms with Gasteiger partial charge >= 0.3 is 5.97 Å². The van der Waals surface area contributed by atoms with Crippen molar-refractivity contribution in [3.05, 3.63) is 54.1 Å². The smallest absolute Gasteiger partial charge is 0.354 e. The third kappa shape index (κ3) is 3.65. The van der Waals surface area contributed by atoms with Gasteiger partial charge in [0, 0.05) is 6.92 Å². The lowest BCUT2D eigenvalue weighted by Gasteiger charge is -2.33. The molecule has 2 aromatic carbocycles. The number of carbonyl (C=O) groups is 2. The summed E-state index contributed by atoms with van der Waals surface area (Å²) in [5.74, 6) is 0.663. The van der Waals surface area contributed by atoms with Gasteiger partial charge in [0.15, 0.2) is 0 Å². The summed E-state index contributed by atoms with van der Waals surface area (Å²) in [6.45, 7) is 5.76. The topological polar surface area (TPSA) is 55.8 Å². The van der Waals surface area contributed by atoms with Crippen molar-refractivity contribution in [2.24, 2.45) is 0 Å². The van der Waals surface area contributed by atoms with E-state index in [4.69, 9.17) is 9.47 Å². The standard InChI is InChI=1S/C20H21NO4/c1-13(2)15-7-6-8-16(11-15)24-20(23)19-12-21(14(3)22)17-9-4-5-10-18(17)25-19/h4-11,13,19H,12H2,1-3H3/t19-/m1/s1. The first-order valence-corrected chi connectivity index (χ1v) is 8.31. The number of amides is 1. The van der Waals surface area contributed by atoms with Crippen LogP contribution >= 0.6 is 0 Å². The predicted octanol–water partition coefficient (Wildman–Crippen LogP) is 3.53. The highest BCUT2D eigenvalue weighted by atomic mass is 16.6. The largest absolute Gasteiger partial charge is 0.475 e. The summed E-state index contributed by atoms with van der Waals surface area (Å²) in [6.07, 6.45) is -0.860. The first-order valence-electron chi connectivity index (χ1n) is 8.31. The first kappa shape index (κ1) is 17.0. The van der Waals surface area contributed by atoms with Crippen molar-refractivity contribution in [3.63, 3.8) is 0 Å². The first-order chi connectivity index (χ1) is 12.0. The molecule has 0 saturated heterocycles. The molecule has 0 unspecified atom stereocenters. The highest BCUT2D eigenvalue weighted by Crippen LogP contribution is 2.33. The van der Waals surface area contributed by atoms with Gasteiger partial charge in [-0.2, -0.15) is 0 Å². The molecule has 0 aromatic heterocycles. The van der Waals surface area contributed by atoms with E-state index in [1.54, 1.807) is 24.3 Å². The fraction of sp³-hybridized carbons (Fsp3) is 0.300. The molecule has 5 nitrogen and oxygen atoms in total. The average Bonchev–Trinajstić information content (AvgIpc) is 2.60. The van der Waals surface area contributed by atoms with Crippen LogP contribution in [0.5, 0.6) is 11.5 Å². The molecule has 5 heteroatoms. The lowest BCUT2D eigenvalue weighted by atomic mass is 10.0. The van der Waals surface area contributed by atoms with Crippen LogP contribution in [0.3, 0.4) is 0 Å². The summed E-state index contributed by atoms with van der Waals surface area (Å²) in [4.78, 5) is 26.0. The van der Waals surface area contributed by atoms with Gasteiger partial charge in [-0.05, 0) is 35.7 Å². The van der Waals surface area contributed by atoms with E-state index in [0.717, 1.165) is 5.56 Å². The van der Waals surface area contributed by atoms with Crippen LogP contribution in [-0.2, 0) is 9.59 Å². The van der Waals surface area contributed by atoms with Gasteiger partial charge in [-0.3, -0.25) is 4.79 Å². The van der Waals surface area contributed by atoms with E-state index in [1.807, 2.05) is 24.3 Å². The molecule has 1 aliphatic rings. The summed E-state index contributed by atoms with van der Waals surface area (Å²) in [5, 5.41) is 0. The Kier molecular flexibility index (Phi) is 4.74. The van der Waals surface area contributed by atoms with Crippen LogP contribution in [0.4, 0.5) is 5.69 Å². The molecule has 2 aromatic rings. The van der Waals surface area contributed by atoms with E-state index in [1.165, 1.54) is 11.8 Å². The van der Waals surface area contributed by atoms with E-state index >= 15 is 0 Å².